The highest BCUT2D eigenvalue weighted by atomic mass is 31.2. The number of hydrogen-bond donors (Lipinski definition) is 0. The van der Waals surface area contributed by atoms with E-state index in [4.69, 9.17) is 18.5 Å². The minimum Gasteiger partial charge on any atom is -0.756 e. The number of nitrogens with zero attached hydrogens (tertiary/aromatic N) is 1. The third-order valence-corrected chi connectivity index (χ3v) is 16.1. The van der Waals surface area contributed by atoms with Gasteiger partial charge < -0.3 is 27.9 Å². The summed E-state index contributed by atoms with van der Waals surface area (Å²) in [7, 11) is 1.17. The van der Waals surface area contributed by atoms with Crippen molar-refractivity contribution in [1.82, 2.24) is 0 Å². The van der Waals surface area contributed by atoms with Crippen LogP contribution in [-0.4, -0.2) is 70.0 Å². The second kappa shape index (κ2) is 64.4. The average Bonchev–Trinajstić information content (AvgIpc) is 3.61. The van der Waals surface area contributed by atoms with Gasteiger partial charge in [-0.1, -0.05) is 317 Å². The van der Waals surface area contributed by atoms with E-state index in [1.807, 2.05) is 21.1 Å². The summed E-state index contributed by atoms with van der Waals surface area (Å²) in [4.78, 5) is 38.0. The Morgan fingerprint density at radius 3 is 1.01 bits per heavy atom. The van der Waals surface area contributed by atoms with Gasteiger partial charge in [-0.15, -0.1) is 0 Å². The molecule has 0 aromatic rings. The first-order valence-electron chi connectivity index (χ1n) is 34.9. The van der Waals surface area contributed by atoms with E-state index in [2.05, 4.69) is 111 Å². The van der Waals surface area contributed by atoms with Gasteiger partial charge in [-0.05, 0) is 77.0 Å². The number of ether oxygens (including phenoxy) is 2. The fraction of sp³-hybridized carbons (Fsp3) is 0.757. The molecule has 0 rings (SSSR count). The SMILES string of the molecule is CC/C=C\C/C=C\C/C=C\C/C=C\C/C=C\C/C=C\C/C=C\C/C=C\CCCCCCCCCCCCCCC(=O)OC(COC(=O)CCCCCCCCCCCCCCCCCCCCCCCCC)COP(=O)([O-])OCC[N+](C)(C)C. The highest BCUT2D eigenvalue weighted by molar-refractivity contribution is 7.45. The van der Waals surface area contributed by atoms with Gasteiger partial charge in [0.15, 0.2) is 6.10 Å². The van der Waals surface area contributed by atoms with Gasteiger partial charge in [0.1, 0.15) is 19.8 Å². The van der Waals surface area contributed by atoms with Gasteiger partial charge in [-0.25, -0.2) is 0 Å². The molecule has 0 saturated heterocycles. The quantitative estimate of drug-likeness (QED) is 0.0195. The van der Waals surface area contributed by atoms with Crippen LogP contribution in [0.15, 0.2) is 97.2 Å². The summed E-state index contributed by atoms with van der Waals surface area (Å²) in [5.74, 6) is -0.825. The van der Waals surface area contributed by atoms with Crippen molar-refractivity contribution < 1.29 is 42.1 Å². The van der Waals surface area contributed by atoms with Crippen molar-refractivity contribution in [1.29, 1.82) is 0 Å². The van der Waals surface area contributed by atoms with E-state index >= 15 is 0 Å². The topological polar surface area (TPSA) is 111 Å². The Bertz CT molecular complexity index is 1740. The van der Waals surface area contributed by atoms with Crippen LogP contribution < -0.4 is 4.89 Å². The molecule has 0 amide bonds. The standard InChI is InChI=1S/C74H132NO8P/c1-6-8-10-12-14-16-18-20-22-24-26-28-30-31-32-33-34-35-36-37-38-39-40-41-42-43-45-47-49-51-53-55-57-59-61-63-65-67-74(77)83-72(71-82-84(78,79)81-69-68-75(3,4)5)70-80-73(76)66-64-62-60-58-56-54-52-50-48-46-44-29-27-25-23-21-19-17-15-13-11-9-7-2/h8,10,14,16,20,22,26,28,31-32,34-35,37-38,40-41,72H,6-7,9,11-13,15,17-19,21,23-25,27,29-30,33,36,39,42-71H2,1-5H3/b10-8-,16-14-,22-20-,28-26-,32-31-,35-34-,38-37-,41-40-. The van der Waals surface area contributed by atoms with Crippen molar-refractivity contribution in [3.8, 4) is 0 Å². The fourth-order valence-electron chi connectivity index (χ4n) is 9.79. The first kappa shape index (κ1) is 80.9. The van der Waals surface area contributed by atoms with E-state index < -0.39 is 26.5 Å². The minimum atomic E-state index is -4.64. The summed E-state index contributed by atoms with van der Waals surface area (Å²) in [6.45, 7) is 4.16. The number of hydrogen-bond acceptors (Lipinski definition) is 8. The molecule has 0 aliphatic heterocycles. The van der Waals surface area contributed by atoms with Gasteiger partial charge >= 0.3 is 11.9 Å². The van der Waals surface area contributed by atoms with Crippen molar-refractivity contribution in [2.45, 2.75) is 315 Å². The first-order valence-corrected chi connectivity index (χ1v) is 36.4. The second-order valence-corrected chi connectivity index (χ2v) is 25.9. The van der Waals surface area contributed by atoms with Crippen LogP contribution >= 0.6 is 7.82 Å². The van der Waals surface area contributed by atoms with Gasteiger partial charge in [-0.3, -0.25) is 14.2 Å². The number of phosphoric acid groups is 1. The lowest BCUT2D eigenvalue weighted by molar-refractivity contribution is -0.870. The molecule has 0 aliphatic carbocycles. The number of carbonyl (C=O) groups is 2. The van der Waals surface area contributed by atoms with Gasteiger partial charge in [-0.2, -0.15) is 0 Å². The number of likely N-dealkylation sites (N-methyl/N-ethyl adjacent to an activating group) is 1. The molecule has 10 heteroatoms. The van der Waals surface area contributed by atoms with Gasteiger partial charge in [0.05, 0.1) is 27.7 Å². The lowest BCUT2D eigenvalue weighted by Crippen LogP contribution is -2.37. The summed E-state index contributed by atoms with van der Waals surface area (Å²) < 4.78 is 34.3. The van der Waals surface area contributed by atoms with Crippen LogP contribution in [-0.2, 0) is 32.7 Å². The number of allylic oxidation sites excluding steroid dienone is 16. The molecule has 0 fully saturated rings. The van der Waals surface area contributed by atoms with E-state index in [1.54, 1.807) is 0 Å². The molecule has 0 radical (unpaired) electrons. The Morgan fingerprint density at radius 1 is 0.381 bits per heavy atom. The van der Waals surface area contributed by atoms with Crippen LogP contribution in [0.2, 0.25) is 0 Å². The predicted octanol–water partition coefficient (Wildman–Crippen LogP) is 22.1. The van der Waals surface area contributed by atoms with E-state index in [0.29, 0.717) is 17.4 Å². The van der Waals surface area contributed by atoms with E-state index in [-0.39, 0.29) is 32.0 Å². The molecule has 0 aliphatic rings. The van der Waals surface area contributed by atoms with Crippen molar-refractivity contribution in [2.75, 3.05) is 47.5 Å². The average molecular weight is 1190 g/mol. The highest BCUT2D eigenvalue weighted by Crippen LogP contribution is 2.38. The molecule has 0 saturated carbocycles. The van der Waals surface area contributed by atoms with Crippen molar-refractivity contribution in [3.63, 3.8) is 0 Å². The van der Waals surface area contributed by atoms with Crippen LogP contribution in [0.4, 0.5) is 0 Å². The largest absolute Gasteiger partial charge is 0.756 e. The van der Waals surface area contributed by atoms with Crippen molar-refractivity contribution in [2.24, 2.45) is 0 Å². The Kier molecular flexibility index (Phi) is 62.1. The molecule has 2 unspecified atom stereocenters. The number of quaternary nitrogens is 1. The fourth-order valence-corrected chi connectivity index (χ4v) is 10.5. The van der Waals surface area contributed by atoms with Crippen LogP contribution in [0.5, 0.6) is 0 Å². The zero-order valence-corrected chi connectivity index (χ0v) is 56.2. The van der Waals surface area contributed by atoms with Crippen LogP contribution in [0.3, 0.4) is 0 Å². The molecular weight excluding hydrogens is 1060 g/mol. The lowest BCUT2D eigenvalue weighted by Gasteiger charge is -2.28. The normalized spacial score (nSPS) is 13.7. The second-order valence-electron chi connectivity index (χ2n) is 24.5. The molecule has 84 heavy (non-hydrogen) atoms. The lowest BCUT2D eigenvalue weighted by atomic mass is 10.0. The Hall–Kier alpha value is -3.07. The zero-order valence-electron chi connectivity index (χ0n) is 55.3. The maximum absolute atomic E-state index is 12.9. The number of unbranched alkanes of at least 4 members (excludes halogenated alkanes) is 34. The zero-order chi connectivity index (χ0) is 61.2. The molecule has 9 nitrogen and oxygen atoms in total. The van der Waals surface area contributed by atoms with Crippen LogP contribution in [0, 0.1) is 0 Å². The smallest absolute Gasteiger partial charge is 0.306 e. The number of carbonyl (C=O) groups excluding carboxylic acids is 2. The Morgan fingerprint density at radius 2 is 0.679 bits per heavy atom. The predicted molar refractivity (Wildman–Crippen MR) is 360 cm³/mol. The van der Waals surface area contributed by atoms with Crippen LogP contribution in [0.1, 0.15) is 309 Å². The van der Waals surface area contributed by atoms with E-state index in [1.165, 1.54) is 186 Å². The maximum atomic E-state index is 12.9. The first-order chi connectivity index (χ1) is 41.0. The molecule has 0 N–H and O–H groups in total. The molecule has 0 heterocycles. The van der Waals surface area contributed by atoms with Gasteiger partial charge in [0.2, 0.25) is 0 Å². The van der Waals surface area contributed by atoms with Gasteiger partial charge in [0, 0.05) is 12.8 Å². The number of phosphoric ester groups is 1. The number of rotatable bonds is 64. The van der Waals surface area contributed by atoms with Gasteiger partial charge in [0.25, 0.3) is 7.82 Å². The molecule has 0 bridgehead atoms. The van der Waals surface area contributed by atoms with Crippen LogP contribution in [0.25, 0.3) is 0 Å². The molecule has 0 spiro atoms. The summed E-state index contributed by atoms with van der Waals surface area (Å²) in [5.41, 5.74) is 0. The molecule has 2 atom stereocenters. The van der Waals surface area contributed by atoms with E-state index in [0.717, 1.165) is 89.9 Å². The molecule has 486 valence electrons. The van der Waals surface area contributed by atoms with Crippen molar-refractivity contribution >= 4 is 19.8 Å². The Balaban J connectivity index is 4.05. The summed E-state index contributed by atoms with van der Waals surface area (Å²) in [6.07, 6.45) is 89.1. The minimum absolute atomic E-state index is 0.0326. The molecule has 0 aromatic carbocycles. The van der Waals surface area contributed by atoms with Crippen molar-refractivity contribution in [3.05, 3.63) is 97.2 Å². The van der Waals surface area contributed by atoms with E-state index in [9.17, 15) is 19.0 Å². The summed E-state index contributed by atoms with van der Waals surface area (Å²) in [5, 5.41) is 0. The molecular formula is C74H132NO8P. The Labute approximate surface area is 519 Å². The third-order valence-electron chi connectivity index (χ3n) is 15.1. The third kappa shape index (κ3) is 68.0. The maximum Gasteiger partial charge on any atom is 0.306 e. The summed E-state index contributed by atoms with van der Waals surface area (Å²) >= 11 is 0. The molecule has 0 aromatic heterocycles. The summed E-state index contributed by atoms with van der Waals surface area (Å²) in [6, 6.07) is 0. The highest BCUT2D eigenvalue weighted by Gasteiger charge is 2.22. The number of esters is 2. The monoisotopic (exact) mass is 1190 g/mol.